The van der Waals surface area contributed by atoms with Gasteiger partial charge in [0.1, 0.15) is 0 Å². The van der Waals surface area contributed by atoms with E-state index in [0.717, 1.165) is 26.2 Å². The molecule has 0 aromatic heterocycles. The highest BCUT2D eigenvalue weighted by molar-refractivity contribution is 5.85. The molecule has 0 saturated carbocycles. The summed E-state index contributed by atoms with van der Waals surface area (Å²) in [7, 11) is 5.67. The zero-order valence-corrected chi connectivity index (χ0v) is 9.30. The van der Waals surface area contributed by atoms with Crippen molar-refractivity contribution in [1.29, 1.82) is 0 Å². The van der Waals surface area contributed by atoms with Gasteiger partial charge in [-0.05, 0) is 7.05 Å². The number of rotatable bonds is 0. The minimum atomic E-state index is 0. The van der Waals surface area contributed by atoms with Crippen molar-refractivity contribution >= 4 is 18.4 Å². The predicted molar refractivity (Wildman–Crippen MR) is 55.4 cm³/mol. The van der Waals surface area contributed by atoms with Gasteiger partial charge in [0.15, 0.2) is 0 Å². The molecule has 5 heteroatoms. The smallest absolute Gasteiger partial charge is 0.319 e. The van der Waals surface area contributed by atoms with Gasteiger partial charge in [-0.15, -0.1) is 12.4 Å². The number of hydrogen-bond acceptors (Lipinski definition) is 2. The van der Waals surface area contributed by atoms with Crippen LogP contribution in [0.15, 0.2) is 0 Å². The van der Waals surface area contributed by atoms with Crippen molar-refractivity contribution in [2.45, 2.75) is 0 Å². The Morgan fingerprint density at radius 3 is 2.00 bits per heavy atom. The molecule has 13 heavy (non-hydrogen) atoms. The molecule has 0 aliphatic carbocycles. The molecule has 0 aromatic rings. The van der Waals surface area contributed by atoms with Gasteiger partial charge in [-0.3, -0.25) is 0 Å². The standard InChI is InChI=1S/C8H17N3O.ClH/c1-9(2)8(12)11-6-4-10(3)5-7-11;/h4-7H2,1-3H3;1H. The lowest BCUT2D eigenvalue weighted by Gasteiger charge is -2.33. The Bertz CT molecular complexity index is 167. The Hall–Kier alpha value is -0.480. The zero-order chi connectivity index (χ0) is 9.14. The summed E-state index contributed by atoms with van der Waals surface area (Å²) in [5.74, 6) is 0. The maximum atomic E-state index is 11.4. The van der Waals surface area contributed by atoms with E-state index < -0.39 is 0 Å². The highest BCUT2D eigenvalue weighted by Gasteiger charge is 2.19. The van der Waals surface area contributed by atoms with Gasteiger partial charge < -0.3 is 14.7 Å². The van der Waals surface area contributed by atoms with E-state index in [1.54, 1.807) is 19.0 Å². The molecule has 1 saturated heterocycles. The number of likely N-dealkylation sites (N-methyl/N-ethyl adjacent to an activating group) is 1. The van der Waals surface area contributed by atoms with Crippen LogP contribution in [0.2, 0.25) is 0 Å². The van der Waals surface area contributed by atoms with Crippen molar-refractivity contribution in [2.24, 2.45) is 0 Å². The van der Waals surface area contributed by atoms with Crippen LogP contribution in [0, 0.1) is 0 Å². The van der Waals surface area contributed by atoms with E-state index in [2.05, 4.69) is 11.9 Å². The molecule has 2 amide bonds. The van der Waals surface area contributed by atoms with Crippen LogP contribution in [0.3, 0.4) is 0 Å². The summed E-state index contributed by atoms with van der Waals surface area (Å²) >= 11 is 0. The highest BCUT2D eigenvalue weighted by Crippen LogP contribution is 2.01. The Morgan fingerprint density at radius 2 is 1.62 bits per heavy atom. The van der Waals surface area contributed by atoms with Gasteiger partial charge in [0.05, 0.1) is 0 Å². The number of amides is 2. The van der Waals surface area contributed by atoms with Crippen molar-refractivity contribution < 1.29 is 4.79 Å². The van der Waals surface area contributed by atoms with Crippen LogP contribution in [0.25, 0.3) is 0 Å². The average Bonchev–Trinajstić information content (AvgIpc) is 2.04. The molecule has 0 spiro atoms. The van der Waals surface area contributed by atoms with Crippen molar-refractivity contribution in [1.82, 2.24) is 14.7 Å². The second-order valence-corrected chi connectivity index (χ2v) is 3.47. The Kier molecular flexibility index (Phi) is 5.10. The van der Waals surface area contributed by atoms with E-state index in [1.807, 2.05) is 4.90 Å². The van der Waals surface area contributed by atoms with Crippen LogP contribution in [0.4, 0.5) is 4.79 Å². The van der Waals surface area contributed by atoms with Gasteiger partial charge in [0, 0.05) is 40.3 Å². The van der Waals surface area contributed by atoms with Crippen LogP contribution in [-0.2, 0) is 0 Å². The lowest BCUT2D eigenvalue weighted by atomic mass is 10.3. The van der Waals surface area contributed by atoms with Crippen LogP contribution in [-0.4, -0.2) is 68.1 Å². The lowest BCUT2D eigenvalue weighted by molar-refractivity contribution is 0.135. The molecule has 1 rings (SSSR count). The van der Waals surface area contributed by atoms with Crippen molar-refractivity contribution in [2.75, 3.05) is 47.3 Å². The first-order chi connectivity index (χ1) is 5.61. The van der Waals surface area contributed by atoms with Gasteiger partial charge in [0.25, 0.3) is 0 Å². The zero-order valence-electron chi connectivity index (χ0n) is 8.49. The maximum absolute atomic E-state index is 11.4. The molecular weight excluding hydrogens is 190 g/mol. The van der Waals surface area contributed by atoms with Crippen molar-refractivity contribution in [3.8, 4) is 0 Å². The number of urea groups is 1. The largest absolute Gasteiger partial charge is 0.331 e. The van der Waals surface area contributed by atoms with Gasteiger partial charge in [-0.1, -0.05) is 0 Å². The third-order valence-corrected chi connectivity index (χ3v) is 2.16. The maximum Gasteiger partial charge on any atom is 0.319 e. The van der Waals surface area contributed by atoms with Gasteiger partial charge >= 0.3 is 6.03 Å². The summed E-state index contributed by atoms with van der Waals surface area (Å²) in [6.45, 7) is 3.68. The molecule has 1 heterocycles. The third-order valence-electron chi connectivity index (χ3n) is 2.16. The van der Waals surface area contributed by atoms with Crippen LogP contribution >= 0.6 is 12.4 Å². The molecule has 0 unspecified atom stereocenters. The molecule has 0 bridgehead atoms. The number of nitrogens with zero attached hydrogens (tertiary/aromatic N) is 3. The Morgan fingerprint density at radius 1 is 1.15 bits per heavy atom. The molecular formula is C8H18ClN3O. The first-order valence-corrected chi connectivity index (χ1v) is 4.26. The summed E-state index contributed by atoms with van der Waals surface area (Å²) in [5.41, 5.74) is 0. The number of hydrogen-bond donors (Lipinski definition) is 0. The number of piperazine rings is 1. The fourth-order valence-electron chi connectivity index (χ4n) is 1.28. The fraction of sp³-hybridized carbons (Fsp3) is 0.875. The van der Waals surface area contributed by atoms with Crippen LogP contribution < -0.4 is 0 Å². The summed E-state index contributed by atoms with van der Waals surface area (Å²) in [6.07, 6.45) is 0. The topological polar surface area (TPSA) is 26.8 Å². The van der Waals surface area contributed by atoms with Crippen molar-refractivity contribution in [3.05, 3.63) is 0 Å². The minimum Gasteiger partial charge on any atom is -0.331 e. The molecule has 1 fully saturated rings. The highest BCUT2D eigenvalue weighted by atomic mass is 35.5. The van der Waals surface area contributed by atoms with E-state index >= 15 is 0 Å². The molecule has 78 valence electrons. The molecule has 1 aliphatic heterocycles. The summed E-state index contributed by atoms with van der Waals surface area (Å²) < 4.78 is 0. The quantitative estimate of drug-likeness (QED) is 0.573. The Balaban J connectivity index is 0.00000144. The second kappa shape index (κ2) is 5.29. The summed E-state index contributed by atoms with van der Waals surface area (Å²) in [4.78, 5) is 17.2. The van der Waals surface area contributed by atoms with Crippen LogP contribution in [0.1, 0.15) is 0 Å². The second-order valence-electron chi connectivity index (χ2n) is 3.47. The molecule has 0 atom stereocenters. The first-order valence-electron chi connectivity index (χ1n) is 4.26. The molecule has 0 N–H and O–H groups in total. The SMILES string of the molecule is CN1CCN(C(=O)N(C)C)CC1.Cl. The number of carbonyl (C=O) groups excluding carboxylic acids is 1. The fourth-order valence-corrected chi connectivity index (χ4v) is 1.28. The molecule has 1 aliphatic rings. The van der Waals surface area contributed by atoms with E-state index in [9.17, 15) is 4.79 Å². The Labute approximate surface area is 85.9 Å². The summed E-state index contributed by atoms with van der Waals surface area (Å²) in [5, 5.41) is 0. The van der Waals surface area contributed by atoms with E-state index in [0.29, 0.717) is 0 Å². The van der Waals surface area contributed by atoms with Gasteiger partial charge in [-0.25, -0.2) is 4.79 Å². The monoisotopic (exact) mass is 207 g/mol. The van der Waals surface area contributed by atoms with E-state index in [-0.39, 0.29) is 18.4 Å². The van der Waals surface area contributed by atoms with Crippen LogP contribution in [0.5, 0.6) is 0 Å². The minimum absolute atomic E-state index is 0. The normalized spacial score (nSPS) is 17.9. The predicted octanol–water partition coefficient (Wildman–Crippen LogP) is 0.337. The first kappa shape index (κ1) is 12.5. The van der Waals surface area contributed by atoms with Gasteiger partial charge in [0.2, 0.25) is 0 Å². The lowest BCUT2D eigenvalue weighted by Crippen LogP contribution is -2.50. The number of carbonyl (C=O) groups is 1. The third kappa shape index (κ3) is 3.40. The van der Waals surface area contributed by atoms with E-state index in [1.165, 1.54) is 0 Å². The van der Waals surface area contributed by atoms with E-state index in [4.69, 9.17) is 0 Å². The molecule has 0 radical (unpaired) electrons. The van der Waals surface area contributed by atoms with Gasteiger partial charge in [-0.2, -0.15) is 0 Å². The molecule has 4 nitrogen and oxygen atoms in total. The summed E-state index contributed by atoms with van der Waals surface area (Å²) in [6, 6.07) is 0.128. The molecule has 0 aromatic carbocycles. The average molecular weight is 208 g/mol. The number of halogens is 1. The van der Waals surface area contributed by atoms with Crippen molar-refractivity contribution in [3.63, 3.8) is 0 Å².